The molecular formula is C10H18F3NO2. The molecule has 1 saturated heterocycles. The maximum absolute atomic E-state index is 12.3. The summed E-state index contributed by atoms with van der Waals surface area (Å²) < 4.78 is 36.9. The normalized spacial score (nSPS) is 33.4. The number of rotatable bonds is 2. The molecule has 1 fully saturated rings. The molecule has 1 heterocycles. The van der Waals surface area contributed by atoms with Crippen LogP contribution in [0.15, 0.2) is 0 Å². The fourth-order valence-corrected chi connectivity index (χ4v) is 2.29. The van der Waals surface area contributed by atoms with Gasteiger partial charge in [0.1, 0.15) is 0 Å². The summed E-state index contributed by atoms with van der Waals surface area (Å²) in [5, 5.41) is 19.2. The van der Waals surface area contributed by atoms with Gasteiger partial charge in [0.2, 0.25) is 0 Å². The average Bonchev–Trinajstić information content (AvgIpc) is 2.08. The number of hydrogen-bond donors (Lipinski definition) is 2. The van der Waals surface area contributed by atoms with Crippen LogP contribution in [-0.4, -0.2) is 52.6 Å². The fourth-order valence-electron chi connectivity index (χ4n) is 2.29. The lowest BCUT2D eigenvalue weighted by Gasteiger charge is -2.43. The first-order valence-corrected chi connectivity index (χ1v) is 5.39. The van der Waals surface area contributed by atoms with Gasteiger partial charge >= 0.3 is 6.18 Å². The Morgan fingerprint density at radius 2 is 1.88 bits per heavy atom. The zero-order valence-electron chi connectivity index (χ0n) is 9.41. The summed E-state index contributed by atoms with van der Waals surface area (Å²) in [6.45, 7) is 2.63. The van der Waals surface area contributed by atoms with Crippen LogP contribution in [0.5, 0.6) is 0 Å². The number of aliphatic hydroxyl groups excluding tert-OH is 2. The fraction of sp³-hybridized carbons (Fsp3) is 1.00. The van der Waals surface area contributed by atoms with Crippen molar-refractivity contribution in [3.05, 3.63) is 0 Å². The molecule has 1 aliphatic heterocycles. The Balaban J connectivity index is 2.75. The van der Waals surface area contributed by atoms with E-state index in [9.17, 15) is 23.4 Å². The lowest BCUT2D eigenvalue weighted by Crippen LogP contribution is -2.58. The van der Waals surface area contributed by atoms with Gasteiger partial charge in [-0.25, -0.2) is 0 Å². The molecule has 0 aromatic heterocycles. The highest BCUT2D eigenvalue weighted by atomic mass is 19.4. The zero-order chi connectivity index (χ0) is 12.5. The quantitative estimate of drug-likeness (QED) is 0.758. The van der Waals surface area contributed by atoms with Gasteiger partial charge in [0.05, 0.1) is 18.8 Å². The summed E-state index contributed by atoms with van der Waals surface area (Å²) >= 11 is 0. The van der Waals surface area contributed by atoms with Crippen LogP contribution in [0.25, 0.3) is 0 Å². The Labute approximate surface area is 92.9 Å². The van der Waals surface area contributed by atoms with Gasteiger partial charge in [0, 0.05) is 12.6 Å². The smallest absolute Gasteiger partial charge is 0.390 e. The van der Waals surface area contributed by atoms with Gasteiger partial charge in [0.15, 0.2) is 0 Å². The molecule has 0 aliphatic carbocycles. The van der Waals surface area contributed by atoms with Crippen LogP contribution in [0, 0.1) is 5.92 Å². The molecule has 0 aromatic rings. The Bertz CT molecular complexity index is 233. The van der Waals surface area contributed by atoms with Crippen molar-refractivity contribution in [2.75, 3.05) is 13.1 Å². The Morgan fingerprint density at radius 3 is 2.31 bits per heavy atom. The van der Waals surface area contributed by atoms with Crippen molar-refractivity contribution >= 4 is 0 Å². The molecule has 6 heteroatoms. The highest BCUT2D eigenvalue weighted by Gasteiger charge is 2.42. The number of alkyl halides is 3. The predicted octanol–water partition coefficient (Wildman–Crippen LogP) is 1.00. The van der Waals surface area contributed by atoms with Crippen molar-refractivity contribution in [3.63, 3.8) is 0 Å². The van der Waals surface area contributed by atoms with E-state index in [0.717, 1.165) is 0 Å². The summed E-state index contributed by atoms with van der Waals surface area (Å²) in [7, 11) is 0. The van der Waals surface area contributed by atoms with Crippen molar-refractivity contribution < 1.29 is 23.4 Å². The van der Waals surface area contributed by atoms with Crippen LogP contribution in [0.1, 0.15) is 20.3 Å². The Kier molecular flexibility index (Phi) is 4.20. The molecule has 2 N–H and O–H groups in total. The molecule has 3 atom stereocenters. The largest absolute Gasteiger partial charge is 0.401 e. The Hall–Kier alpha value is -0.330. The third-order valence-corrected chi connectivity index (χ3v) is 2.94. The first-order valence-electron chi connectivity index (χ1n) is 5.39. The van der Waals surface area contributed by atoms with Gasteiger partial charge in [-0.1, -0.05) is 13.8 Å². The second-order valence-electron chi connectivity index (χ2n) is 4.67. The topological polar surface area (TPSA) is 43.7 Å². The average molecular weight is 241 g/mol. The minimum atomic E-state index is -4.27. The number of nitrogens with zero attached hydrogens (tertiary/aromatic N) is 1. The van der Waals surface area contributed by atoms with Crippen molar-refractivity contribution in [1.82, 2.24) is 4.90 Å². The van der Waals surface area contributed by atoms with E-state index < -0.39 is 31.0 Å². The van der Waals surface area contributed by atoms with Crippen molar-refractivity contribution in [2.45, 2.75) is 44.7 Å². The minimum Gasteiger partial charge on any atom is -0.390 e. The number of piperidine rings is 1. The van der Waals surface area contributed by atoms with E-state index in [0.29, 0.717) is 0 Å². The summed E-state index contributed by atoms with van der Waals surface area (Å²) in [4.78, 5) is 1.21. The van der Waals surface area contributed by atoms with E-state index in [1.807, 2.05) is 0 Å². The van der Waals surface area contributed by atoms with E-state index in [1.54, 1.807) is 13.8 Å². The number of aliphatic hydroxyl groups is 2. The molecule has 0 amide bonds. The molecule has 16 heavy (non-hydrogen) atoms. The maximum atomic E-state index is 12.3. The highest BCUT2D eigenvalue weighted by Crippen LogP contribution is 2.27. The third-order valence-electron chi connectivity index (χ3n) is 2.94. The molecule has 1 rings (SSSR count). The number of likely N-dealkylation sites (tertiary alicyclic amines) is 1. The van der Waals surface area contributed by atoms with Crippen molar-refractivity contribution in [3.8, 4) is 0 Å². The maximum Gasteiger partial charge on any atom is 0.401 e. The molecule has 1 aliphatic rings. The van der Waals surface area contributed by atoms with Crippen LogP contribution in [0.4, 0.5) is 13.2 Å². The number of hydrogen-bond acceptors (Lipinski definition) is 3. The predicted molar refractivity (Wildman–Crippen MR) is 52.9 cm³/mol. The van der Waals surface area contributed by atoms with E-state index in [4.69, 9.17) is 0 Å². The molecule has 3 unspecified atom stereocenters. The minimum absolute atomic E-state index is 0.132. The van der Waals surface area contributed by atoms with E-state index in [2.05, 4.69) is 0 Å². The van der Waals surface area contributed by atoms with Gasteiger partial charge in [-0.2, -0.15) is 13.2 Å². The molecule has 0 saturated carbocycles. The van der Waals surface area contributed by atoms with E-state index in [-0.39, 0.29) is 18.9 Å². The second kappa shape index (κ2) is 4.89. The summed E-state index contributed by atoms with van der Waals surface area (Å²) in [6.07, 6.45) is -6.11. The van der Waals surface area contributed by atoms with Gasteiger partial charge in [-0.3, -0.25) is 4.90 Å². The van der Waals surface area contributed by atoms with Gasteiger partial charge in [0.25, 0.3) is 0 Å². The summed E-state index contributed by atoms with van der Waals surface area (Å²) in [6, 6.07) is -0.634. The highest BCUT2D eigenvalue weighted by molar-refractivity contribution is 4.91. The Morgan fingerprint density at radius 1 is 1.31 bits per heavy atom. The lowest BCUT2D eigenvalue weighted by molar-refractivity contribution is -0.174. The van der Waals surface area contributed by atoms with Gasteiger partial charge < -0.3 is 10.2 Å². The van der Waals surface area contributed by atoms with Gasteiger partial charge in [-0.15, -0.1) is 0 Å². The molecular weight excluding hydrogens is 223 g/mol. The summed E-state index contributed by atoms with van der Waals surface area (Å²) in [5.41, 5.74) is 0. The van der Waals surface area contributed by atoms with Crippen LogP contribution >= 0.6 is 0 Å². The molecule has 3 nitrogen and oxygen atoms in total. The first-order chi connectivity index (χ1) is 7.22. The standard InChI is InChI=1S/C10H18F3NO2/c1-6(2)8-9(16)7(15)3-4-14(8)5-10(11,12)13/h6-9,15-16H,3-5H2,1-2H3. The summed E-state index contributed by atoms with van der Waals surface area (Å²) in [5.74, 6) is -0.132. The molecule has 0 bridgehead atoms. The van der Waals surface area contributed by atoms with Crippen LogP contribution < -0.4 is 0 Å². The van der Waals surface area contributed by atoms with Crippen LogP contribution in [0.2, 0.25) is 0 Å². The zero-order valence-corrected chi connectivity index (χ0v) is 9.41. The third kappa shape index (κ3) is 3.33. The van der Waals surface area contributed by atoms with Crippen molar-refractivity contribution in [1.29, 1.82) is 0 Å². The molecule has 0 aromatic carbocycles. The van der Waals surface area contributed by atoms with E-state index >= 15 is 0 Å². The molecule has 96 valence electrons. The van der Waals surface area contributed by atoms with Gasteiger partial charge in [-0.05, 0) is 12.3 Å². The monoisotopic (exact) mass is 241 g/mol. The van der Waals surface area contributed by atoms with Crippen LogP contribution in [0.3, 0.4) is 0 Å². The molecule has 0 radical (unpaired) electrons. The molecule has 0 spiro atoms. The van der Waals surface area contributed by atoms with E-state index in [1.165, 1.54) is 4.90 Å². The lowest BCUT2D eigenvalue weighted by atomic mass is 9.88. The SMILES string of the molecule is CC(C)C1C(O)C(O)CCN1CC(F)(F)F. The number of halogens is 3. The first kappa shape index (κ1) is 13.7. The second-order valence-corrected chi connectivity index (χ2v) is 4.67. The van der Waals surface area contributed by atoms with Crippen LogP contribution in [-0.2, 0) is 0 Å². The van der Waals surface area contributed by atoms with Crippen molar-refractivity contribution in [2.24, 2.45) is 5.92 Å².